The Morgan fingerprint density at radius 2 is 1.84 bits per heavy atom. The number of nitrogens with zero attached hydrogens (tertiary/aromatic N) is 2. The van der Waals surface area contributed by atoms with Gasteiger partial charge in [-0.3, -0.25) is 0 Å². The van der Waals surface area contributed by atoms with Gasteiger partial charge in [0.2, 0.25) is 0 Å². The Morgan fingerprint density at radius 3 is 2.50 bits per heavy atom. The van der Waals surface area contributed by atoms with E-state index >= 15 is 0 Å². The molecule has 2 aromatic carbocycles. The van der Waals surface area contributed by atoms with Crippen molar-refractivity contribution in [2.24, 2.45) is 5.73 Å². The van der Waals surface area contributed by atoms with Gasteiger partial charge in [0.1, 0.15) is 30.4 Å². The van der Waals surface area contributed by atoms with E-state index in [-0.39, 0.29) is 6.04 Å². The lowest BCUT2D eigenvalue weighted by Crippen LogP contribution is -2.32. The first kappa shape index (κ1) is 23.7. The maximum atomic E-state index is 11.0. The first-order valence-corrected chi connectivity index (χ1v) is 10.5. The number of ether oxygens (including phenoxy) is 2. The number of imidazole rings is 1. The molecule has 1 heterocycles. The summed E-state index contributed by atoms with van der Waals surface area (Å²) in [6.07, 6.45) is 3.37. The number of hydrogen-bond acceptors (Lipinski definition) is 6. The Bertz CT molecular complexity index is 1000. The van der Waals surface area contributed by atoms with Crippen LogP contribution in [0.5, 0.6) is 5.75 Å². The first-order chi connectivity index (χ1) is 15.5. The van der Waals surface area contributed by atoms with Gasteiger partial charge in [-0.05, 0) is 24.1 Å². The minimum Gasteiger partial charge on any atom is -0.491 e. The summed E-state index contributed by atoms with van der Waals surface area (Å²) < 4.78 is 12.7. The Morgan fingerprint density at radius 1 is 1.12 bits per heavy atom. The van der Waals surface area contributed by atoms with Gasteiger partial charge in [0.05, 0.1) is 18.7 Å². The summed E-state index contributed by atoms with van der Waals surface area (Å²) in [6, 6.07) is 14.7. The molecule has 0 radical (unpaired) electrons. The third-order valence-electron chi connectivity index (χ3n) is 5.24. The van der Waals surface area contributed by atoms with Crippen molar-refractivity contribution < 1.29 is 19.7 Å². The number of benzene rings is 2. The van der Waals surface area contributed by atoms with Gasteiger partial charge >= 0.3 is 0 Å². The molecule has 3 aromatic rings. The predicted octanol–water partition coefficient (Wildman–Crippen LogP) is 3.42. The van der Waals surface area contributed by atoms with E-state index in [1.807, 2.05) is 48.5 Å². The normalized spacial score (nSPS) is 15.0. The minimum atomic E-state index is -0.855. The predicted molar refractivity (Wildman–Crippen MR) is 124 cm³/mol. The zero-order chi connectivity index (χ0) is 23.1. The van der Waals surface area contributed by atoms with Crippen LogP contribution in [0.4, 0.5) is 0 Å². The van der Waals surface area contributed by atoms with Gasteiger partial charge in [-0.15, -0.1) is 6.58 Å². The highest BCUT2D eigenvalue weighted by Crippen LogP contribution is 2.33. The average molecular weight is 438 g/mol. The molecular weight excluding hydrogens is 406 g/mol. The van der Waals surface area contributed by atoms with Crippen LogP contribution in [0, 0.1) is 0 Å². The summed E-state index contributed by atoms with van der Waals surface area (Å²) in [4.78, 5) is 4.19. The smallest absolute Gasteiger partial charge is 0.137 e. The molecule has 0 spiro atoms. The second-order valence-electron chi connectivity index (χ2n) is 7.68. The van der Waals surface area contributed by atoms with E-state index in [0.717, 1.165) is 22.4 Å². The number of aromatic nitrogens is 2. The summed E-state index contributed by atoms with van der Waals surface area (Å²) in [7, 11) is 1.61. The van der Waals surface area contributed by atoms with Crippen LogP contribution >= 0.6 is 0 Å². The van der Waals surface area contributed by atoms with Crippen molar-refractivity contribution in [3.63, 3.8) is 0 Å². The van der Waals surface area contributed by atoms with Gasteiger partial charge in [0, 0.05) is 25.1 Å². The highest BCUT2D eigenvalue weighted by molar-refractivity contribution is 5.70. The fraction of sp³-hybridized carbons (Fsp3) is 0.320. The molecule has 7 nitrogen and oxygen atoms in total. The number of hydrogen-bond donors (Lipinski definition) is 3. The Kier molecular flexibility index (Phi) is 8.19. The van der Waals surface area contributed by atoms with Gasteiger partial charge in [0.25, 0.3) is 0 Å². The SMILES string of the molecule is C=CC(C(O)c1ccc(-c2ccccc2OCC(N)COC)cc1)n1ccnc1C(C)O. The Hall–Kier alpha value is -2.97. The number of nitrogens with two attached hydrogens (primary N) is 1. The van der Waals surface area contributed by atoms with Crippen LogP contribution in [-0.2, 0) is 4.74 Å². The number of methoxy groups -OCH3 is 1. The summed E-state index contributed by atoms with van der Waals surface area (Å²) in [5, 5.41) is 21.0. The molecule has 1 aromatic heterocycles. The first-order valence-electron chi connectivity index (χ1n) is 10.5. The van der Waals surface area contributed by atoms with Crippen LogP contribution in [0.3, 0.4) is 0 Å². The molecule has 4 unspecified atom stereocenters. The fourth-order valence-electron chi connectivity index (χ4n) is 3.64. The van der Waals surface area contributed by atoms with E-state index in [0.29, 0.717) is 19.0 Å². The largest absolute Gasteiger partial charge is 0.491 e. The molecule has 3 rings (SSSR count). The molecule has 0 aliphatic carbocycles. The molecule has 0 bridgehead atoms. The zero-order valence-electron chi connectivity index (χ0n) is 18.5. The molecular formula is C25H31N3O4. The Balaban J connectivity index is 1.80. The minimum absolute atomic E-state index is 0.212. The van der Waals surface area contributed by atoms with Gasteiger partial charge in [-0.25, -0.2) is 4.98 Å². The summed E-state index contributed by atoms with van der Waals surface area (Å²) in [5.74, 6) is 1.21. The molecule has 0 saturated heterocycles. The second-order valence-corrected chi connectivity index (χ2v) is 7.68. The number of aliphatic hydroxyl groups is 2. The Labute approximate surface area is 188 Å². The standard InChI is InChI=1S/C25H31N3O4/c1-4-22(28-14-13-27-25(28)17(2)29)24(30)19-11-9-18(10-12-19)21-7-5-6-8-23(21)32-16-20(26)15-31-3/h4-14,17,20,22,24,29-30H,1,15-16,26H2,2-3H3. The number of para-hydroxylation sites is 1. The lowest BCUT2D eigenvalue weighted by Gasteiger charge is -2.24. The van der Waals surface area contributed by atoms with Crippen LogP contribution in [0.1, 0.15) is 36.6 Å². The molecule has 0 aliphatic rings. The van der Waals surface area contributed by atoms with Crippen molar-refractivity contribution in [2.45, 2.75) is 31.2 Å². The van der Waals surface area contributed by atoms with Crippen molar-refractivity contribution in [2.75, 3.05) is 20.3 Å². The van der Waals surface area contributed by atoms with Gasteiger partial charge in [0.15, 0.2) is 0 Å². The average Bonchev–Trinajstić information content (AvgIpc) is 3.28. The fourth-order valence-corrected chi connectivity index (χ4v) is 3.64. The molecule has 0 amide bonds. The molecule has 32 heavy (non-hydrogen) atoms. The molecule has 0 aliphatic heterocycles. The van der Waals surface area contributed by atoms with E-state index in [1.54, 1.807) is 37.1 Å². The van der Waals surface area contributed by atoms with E-state index in [9.17, 15) is 10.2 Å². The van der Waals surface area contributed by atoms with Crippen molar-refractivity contribution in [3.8, 4) is 16.9 Å². The lowest BCUT2D eigenvalue weighted by molar-refractivity contribution is 0.123. The lowest BCUT2D eigenvalue weighted by atomic mass is 9.97. The van der Waals surface area contributed by atoms with E-state index in [2.05, 4.69) is 11.6 Å². The van der Waals surface area contributed by atoms with Crippen molar-refractivity contribution >= 4 is 0 Å². The maximum absolute atomic E-state index is 11.0. The highest BCUT2D eigenvalue weighted by atomic mass is 16.5. The van der Waals surface area contributed by atoms with Crippen LogP contribution in [0.2, 0.25) is 0 Å². The summed E-state index contributed by atoms with van der Waals surface area (Å²) in [5.41, 5.74) is 8.60. The molecule has 0 saturated carbocycles. The van der Waals surface area contributed by atoms with Gasteiger partial charge in [-0.2, -0.15) is 0 Å². The van der Waals surface area contributed by atoms with Crippen LogP contribution in [0.15, 0.2) is 73.6 Å². The number of aliphatic hydroxyl groups excluding tert-OH is 2. The molecule has 4 atom stereocenters. The maximum Gasteiger partial charge on any atom is 0.137 e. The van der Waals surface area contributed by atoms with Crippen LogP contribution in [-0.4, -0.2) is 46.1 Å². The summed E-state index contributed by atoms with van der Waals surface area (Å²) in [6.45, 7) is 6.27. The van der Waals surface area contributed by atoms with Gasteiger partial charge < -0.3 is 30.0 Å². The highest BCUT2D eigenvalue weighted by Gasteiger charge is 2.23. The zero-order valence-corrected chi connectivity index (χ0v) is 18.5. The van der Waals surface area contributed by atoms with E-state index in [1.165, 1.54) is 0 Å². The van der Waals surface area contributed by atoms with Crippen molar-refractivity contribution in [1.82, 2.24) is 9.55 Å². The quantitative estimate of drug-likeness (QED) is 0.397. The van der Waals surface area contributed by atoms with Crippen LogP contribution in [0.25, 0.3) is 11.1 Å². The van der Waals surface area contributed by atoms with E-state index < -0.39 is 18.2 Å². The van der Waals surface area contributed by atoms with Crippen molar-refractivity contribution in [3.05, 3.63) is 85.0 Å². The molecule has 0 fully saturated rings. The summed E-state index contributed by atoms with van der Waals surface area (Å²) >= 11 is 0. The second kappa shape index (κ2) is 11.1. The third kappa shape index (κ3) is 5.44. The van der Waals surface area contributed by atoms with Gasteiger partial charge in [-0.1, -0.05) is 48.5 Å². The molecule has 170 valence electrons. The topological polar surface area (TPSA) is 103 Å². The van der Waals surface area contributed by atoms with Crippen LogP contribution < -0.4 is 10.5 Å². The number of rotatable bonds is 11. The van der Waals surface area contributed by atoms with Crippen molar-refractivity contribution in [1.29, 1.82) is 0 Å². The molecule has 7 heteroatoms. The monoisotopic (exact) mass is 437 g/mol. The van der Waals surface area contributed by atoms with E-state index in [4.69, 9.17) is 15.2 Å². The third-order valence-corrected chi connectivity index (χ3v) is 5.24. The molecule has 4 N–H and O–H groups in total.